The monoisotopic (exact) mass is 305 g/mol. The topological polar surface area (TPSA) is 83.4 Å². The van der Waals surface area contributed by atoms with Crippen LogP contribution in [0.4, 0.5) is 0 Å². The molecular weight excluding hydrogens is 290 g/mol. The number of nitrogens with zero attached hydrogens (tertiary/aromatic N) is 3. The Morgan fingerprint density at radius 3 is 2.62 bits per heavy atom. The summed E-state index contributed by atoms with van der Waals surface area (Å²) in [6.45, 7) is 1.77. The van der Waals surface area contributed by atoms with Gasteiger partial charge in [0.05, 0.1) is 5.69 Å². The number of benzene rings is 1. The van der Waals surface area contributed by atoms with Crippen molar-refractivity contribution in [3.63, 3.8) is 0 Å². The summed E-state index contributed by atoms with van der Waals surface area (Å²) in [5.41, 5.74) is 1.48. The molecule has 0 unspecified atom stereocenters. The van der Waals surface area contributed by atoms with E-state index in [9.17, 15) is 9.59 Å². The van der Waals surface area contributed by atoms with Gasteiger partial charge in [-0.1, -0.05) is 41.7 Å². The molecule has 0 radical (unpaired) electrons. The number of aliphatic carboxylic acids is 1. The predicted octanol–water partition coefficient (Wildman–Crippen LogP) is 1.83. The summed E-state index contributed by atoms with van der Waals surface area (Å²) in [6.07, 6.45) is 0.587. The highest BCUT2D eigenvalue weighted by atomic mass is 32.1. The SMILES string of the molecule is CCc1nnsc1C(=O)N(CC(=O)O)Cc1ccccc1. The second kappa shape index (κ2) is 6.94. The molecule has 0 spiro atoms. The Balaban J connectivity index is 2.23. The lowest BCUT2D eigenvalue weighted by Gasteiger charge is -2.20. The molecule has 1 aromatic heterocycles. The van der Waals surface area contributed by atoms with E-state index < -0.39 is 5.97 Å². The van der Waals surface area contributed by atoms with Crippen LogP contribution in [-0.4, -0.2) is 38.0 Å². The van der Waals surface area contributed by atoms with E-state index in [0.29, 0.717) is 17.0 Å². The molecule has 2 aromatic rings. The summed E-state index contributed by atoms with van der Waals surface area (Å²) in [4.78, 5) is 25.2. The van der Waals surface area contributed by atoms with E-state index in [1.165, 1.54) is 4.90 Å². The molecule has 110 valence electrons. The molecule has 1 heterocycles. The third-order valence-electron chi connectivity index (χ3n) is 2.91. The summed E-state index contributed by atoms with van der Waals surface area (Å²) in [5, 5.41) is 12.9. The Kier molecular flexibility index (Phi) is 4.99. The summed E-state index contributed by atoms with van der Waals surface area (Å²) < 4.78 is 3.78. The van der Waals surface area contributed by atoms with Gasteiger partial charge in [0, 0.05) is 6.54 Å². The van der Waals surface area contributed by atoms with Crippen molar-refractivity contribution in [3.05, 3.63) is 46.5 Å². The van der Waals surface area contributed by atoms with Crippen LogP contribution in [0.25, 0.3) is 0 Å². The van der Waals surface area contributed by atoms with Crippen molar-refractivity contribution < 1.29 is 14.7 Å². The van der Waals surface area contributed by atoms with E-state index in [2.05, 4.69) is 9.59 Å². The lowest BCUT2D eigenvalue weighted by Crippen LogP contribution is -2.35. The van der Waals surface area contributed by atoms with Gasteiger partial charge in [0.25, 0.3) is 5.91 Å². The van der Waals surface area contributed by atoms with Gasteiger partial charge in [-0.2, -0.15) is 0 Å². The first-order valence-electron chi connectivity index (χ1n) is 6.48. The zero-order valence-corrected chi connectivity index (χ0v) is 12.3. The van der Waals surface area contributed by atoms with Crippen LogP contribution in [0.15, 0.2) is 30.3 Å². The number of amides is 1. The van der Waals surface area contributed by atoms with Crippen molar-refractivity contribution in [2.75, 3.05) is 6.54 Å². The Hall–Kier alpha value is -2.28. The average Bonchev–Trinajstić information content (AvgIpc) is 2.95. The summed E-state index contributed by atoms with van der Waals surface area (Å²) in [7, 11) is 0. The zero-order valence-electron chi connectivity index (χ0n) is 11.5. The minimum atomic E-state index is -1.05. The molecule has 0 saturated carbocycles. The van der Waals surface area contributed by atoms with Crippen molar-refractivity contribution in [2.24, 2.45) is 0 Å². The highest BCUT2D eigenvalue weighted by molar-refractivity contribution is 7.08. The third kappa shape index (κ3) is 3.85. The first kappa shape index (κ1) is 15.1. The number of aryl methyl sites for hydroxylation is 1. The Bertz CT molecular complexity index is 627. The van der Waals surface area contributed by atoms with Gasteiger partial charge in [-0.3, -0.25) is 9.59 Å². The molecule has 0 saturated heterocycles. The van der Waals surface area contributed by atoms with E-state index in [1.807, 2.05) is 37.3 Å². The van der Waals surface area contributed by atoms with Gasteiger partial charge >= 0.3 is 5.97 Å². The number of carbonyl (C=O) groups excluding carboxylic acids is 1. The minimum Gasteiger partial charge on any atom is -0.480 e. The fourth-order valence-corrected chi connectivity index (χ4v) is 2.63. The minimum absolute atomic E-state index is 0.243. The average molecular weight is 305 g/mol. The largest absolute Gasteiger partial charge is 0.480 e. The van der Waals surface area contributed by atoms with E-state index in [1.54, 1.807) is 0 Å². The van der Waals surface area contributed by atoms with Crippen LogP contribution < -0.4 is 0 Å². The van der Waals surface area contributed by atoms with Gasteiger partial charge in [0.15, 0.2) is 0 Å². The smallest absolute Gasteiger partial charge is 0.323 e. The molecule has 0 aliphatic rings. The fourth-order valence-electron chi connectivity index (χ4n) is 1.91. The lowest BCUT2D eigenvalue weighted by atomic mass is 10.2. The molecule has 21 heavy (non-hydrogen) atoms. The van der Waals surface area contributed by atoms with E-state index in [0.717, 1.165) is 17.1 Å². The fraction of sp³-hybridized carbons (Fsp3) is 0.286. The quantitative estimate of drug-likeness (QED) is 0.880. The predicted molar refractivity (Wildman–Crippen MR) is 78.1 cm³/mol. The maximum absolute atomic E-state index is 12.5. The molecule has 0 aliphatic heterocycles. The molecule has 2 rings (SSSR count). The van der Waals surface area contributed by atoms with Gasteiger partial charge in [0.1, 0.15) is 11.4 Å². The molecule has 6 nitrogen and oxygen atoms in total. The van der Waals surface area contributed by atoms with Gasteiger partial charge in [-0.15, -0.1) is 5.10 Å². The Morgan fingerprint density at radius 2 is 2.00 bits per heavy atom. The van der Waals surface area contributed by atoms with Gasteiger partial charge in [-0.25, -0.2) is 0 Å². The number of carbonyl (C=O) groups is 2. The van der Waals surface area contributed by atoms with Crippen LogP contribution in [0, 0.1) is 0 Å². The van der Waals surface area contributed by atoms with E-state index in [-0.39, 0.29) is 19.0 Å². The molecule has 1 N–H and O–H groups in total. The first-order chi connectivity index (χ1) is 10.1. The molecule has 1 amide bonds. The number of rotatable bonds is 6. The molecule has 7 heteroatoms. The number of hydrogen-bond acceptors (Lipinski definition) is 5. The second-order valence-corrected chi connectivity index (χ2v) is 5.20. The van der Waals surface area contributed by atoms with Crippen LogP contribution in [0.1, 0.15) is 27.9 Å². The zero-order chi connectivity index (χ0) is 15.2. The molecular formula is C14H15N3O3S. The maximum Gasteiger partial charge on any atom is 0.323 e. The first-order valence-corrected chi connectivity index (χ1v) is 7.25. The number of aromatic nitrogens is 2. The van der Waals surface area contributed by atoms with Crippen molar-refractivity contribution in [2.45, 2.75) is 19.9 Å². The van der Waals surface area contributed by atoms with Crippen LogP contribution in [0.5, 0.6) is 0 Å². The van der Waals surface area contributed by atoms with Crippen LogP contribution in [-0.2, 0) is 17.8 Å². The van der Waals surface area contributed by atoms with Gasteiger partial charge < -0.3 is 10.0 Å². The van der Waals surface area contributed by atoms with E-state index >= 15 is 0 Å². The van der Waals surface area contributed by atoms with Crippen molar-refractivity contribution in [3.8, 4) is 0 Å². The van der Waals surface area contributed by atoms with Crippen molar-refractivity contribution >= 4 is 23.4 Å². The van der Waals surface area contributed by atoms with Crippen LogP contribution in [0.2, 0.25) is 0 Å². The number of hydrogen-bond donors (Lipinski definition) is 1. The normalized spacial score (nSPS) is 10.3. The summed E-state index contributed by atoms with van der Waals surface area (Å²) in [5.74, 6) is -1.39. The standard InChI is InChI=1S/C14H15N3O3S/c1-2-11-13(21-16-15-11)14(20)17(9-12(18)19)8-10-6-4-3-5-7-10/h3-7H,2,8-9H2,1H3,(H,18,19). The second-order valence-electron chi connectivity index (χ2n) is 4.44. The third-order valence-corrected chi connectivity index (χ3v) is 3.67. The van der Waals surface area contributed by atoms with Crippen LogP contribution >= 0.6 is 11.5 Å². The molecule has 0 fully saturated rings. The van der Waals surface area contributed by atoms with Crippen molar-refractivity contribution in [1.29, 1.82) is 0 Å². The molecule has 1 aromatic carbocycles. The number of carboxylic acid groups (broad SMARTS) is 1. The maximum atomic E-state index is 12.5. The lowest BCUT2D eigenvalue weighted by molar-refractivity contribution is -0.137. The van der Waals surface area contributed by atoms with Gasteiger partial charge in [0.2, 0.25) is 0 Å². The summed E-state index contributed by atoms with van der Waals surface area (Å²) >= 11 is 1.00. The van der Waals surface area contributed by atoms with Crippen molar-refractivity contribution in [1.82, 2.24) is 14.5 Å². The van der Waals surface area contributed by atoms with E-state index in [4.69, 9.17) is 5.11 Å². The molecule has 0 aliphatic carbocycles. The highest BCUT2D eigenvalue weighted by Crippen LogP contribution is 2.16. The Labute approximate surface area is 126 Å². The van der Waals surface area contributed by atoms with Crippen LogP contribution in [0.3, 0.4) is 0 Å². The highest BCUT2D eigenvalue weighted by Gasteiger charge is 2.23. The number of carboxylic acids is 1. The van der Waals surface area contributed by atoms with Gasteiger partial charge in [-0.05, 0) is 23.5 Å². The molecule has 0 bridgehead atoms. The Morgan fingerprint density at radius 1 is 1.29 bits per heavy atom. The molecule has 0 atom stereocenters. The summed E-state index contributed by atoms with van der Waals surface area (Å²) in [6, 6.07) is 9.28.